The zero-order valence-electron chi connectivity index (χ0n) is 11.9. The zero-order chi connectivity index (χ0) is 14.7. The molecule has 0 N–H and O–H groups in total. The molecule has 2 aromatic rings. The number of rotatable bonds is 2. The van der Waals surface area contributed by atoms with Crippen molar-refractivity contribution in [3.8, 4) is 0 Å². The van der Waals surface area contributed by atoms with E-state index in [1.807, 2.05) is 36.1 Å². The minimum Gasteiger partial charge on any atom is -0.370 e. The zero-order valence-corrected chi connectivity index (χ0v) is 11.9. The van der Waals surface area contributed by atoms with E-state index in [0.717, 1.165) is 11.3 Å². The summed E-state index contributed by atoms with van der Waals surface area (Å²) < 4.78 is 5.76. The largest absolute Gasteiger partial charge is 0.370 e. The van der Waals surface area contributed by atoms with Gasteiger partial charge in [-0.2, -0.15) is 0 Å². The third-order valence-electron chi connectivity index (χ3n) is 3.59. The van der Waals surface area contributed by atoms with Crippen LogP contribution in [0.2, 0.25) is 0 Å². The monoisotopic (exact) mass is 283 g/mol. The molecule has 3 rings (SSSR count). The van der Waals surface area contributed by atoms with Crippen molar-refractivity contribution in [2.24, 2.45) is 0 Å². The van der Waals surface area contributed by atoms with Gasteiger partial charge in [-0.1, -0.05) is 0 Å². The first-order valence-electron chi connectivity index (χ1n) is 6.97. The molecule has 5 heteroatoms. The lowest BCUT2D eigenvalue weighted by Crippen LogP contribution is -2.42. The maximum absolute atomic E-state index is 12.5. The molecule has 1 aliphatic heterocycles. The molecule has 1 atom stereocenters. The van der Waals surface area contributed by atoms with Crippen LogP contribution in [0.15, 0.2) is 42.9 Å². The molecule has 108 valence electrons. The van der Waals surface area contributed by atoms with Gasteiger partial charge in [-0.25, -0.2) is 0 Å². The SMILES string of the molecule is Cc1ccc(C(=O)N2CCO[C@H](c3ccncc3)C2)cn1. The first-order chi connectivity index (χ1) is 10.2. The van der Waals surface area contributed by atoms with Gasteiger partial charge in [0.1, 0.15) is 6.10 Å². The molecule has 1 amide bonds. The van der Waals surface area contributed by atoms with Crippen LogP contribution in [0.3, 0.4) is 0 Å². The van der Waals surface area contributed by atoms with Gasteiger partial charge in [0.2, 0.25) is 0 Å². The minimum absolute atomic E-state index is 0.00450. The highest BCUT2D eigenvalue weighted by Gasteiger charge is 2.26. The predicted octanol–water partition coefficient (Wildman–Crippen LogP) is 2.00. The Balaban J connectivity index is 1.74. The number of carbonyl (C=O) groups is 1. The number of hydrogen-bond donors (Lipinski definition) is 0. The molecule has 1 fully saturated rings. The van der Waals surface area contributed by atoms with Crippen molar-refractivity contribution in [3.63, 3.8) is 0 Å². The Kier molecular flexibility index (Phi) is 3.92. The summed E-state index contributed by atoms with van der Waals surface area (Å²) in [6.45, 7) is 3.60. The lowest BCUT2D eigenvalue weighted by atomic mass is 10.1. The highest BCUT2D eigenvalue weighted by Crippen LogP contribution is 2.22. The lowest BCUT2D eigenvalue weighted by Gasteiger charge is -2.33. The van der Waals surface area contributed by atoms with Gasteiger partial charge >= 0.3 is 0 Å². The molecule has 0 spiro atoms. The van der Waals surface area contributed by atoms with Gasteiger partial charge in [0.05, 0.1) is 18.7 Å². The van der Waals surface area contributed by atoms with E-state index in [9.17, 15) is 4.79 Å². The van der Waals surface area contributed by atoms with Crippen LogP contribution in [0.5, 0.6) is 0 Å². The predicted molar refractivity (Wildman–Crippen MR) is 77.8 cm³/mol. The van der Waals surface area contributed by atoms with Crippen molar-refractivity contribution in [1.29, 1.82) is 0 Å². The highest BCUT2D eigenvalue weighted by atomic mass is 16.5. The van der Waals surface area contributed by atoms with Crippen molar-refractivity contribution < 1.29 is 9.53 Å². The standard InChI is InChI=1S/C16H17N3O2/c1-12-2-3-14(10-18-12)16(20)19-8-9-21-15(11-19)13-4-6-17-7-5-13/h2-7,10,15H,8-9,11H2,1H3/t15-/m0/s1. The highest BCUT2D eigenvalue weighted by molar-refractivity contribution is 5.94. The topological polar surface area (TPSA) is 55.3 Å². The Labute approximate surface area is 123 Å². The fraction of sp³-hybridized carbons (Fsp3) is 0.312. The molecule has 1 aliphatic rings. The van der Waals surface area contributed by atoms with E-state index >= 15 is 0 Å². The van der Waals surface area contributed by atoms with Crippen LogP contribution < -0.4 is 0 Å². The van der Waals surface area contributed by atoms with Crippen LogP contribution in [-0.4, -0.2) is 40.5 Å². The summed E-state index contributed by atoms with van der Waals surface area (Å²) in [4.78, 5) is 22.5. The third kappa shape index (κ3) is 3.08. The van der Waals surface area contributed by atoms with Crippen molar-refractivity contribution in [2.75, 3.05) is 19.7 Å². The van der Waals surface area contributed by atoms with Gasteiger partial charge in [0.15, 0.2) is 0 Å². The van der Waals surface area contributed by atoms with E-state index in [0.29, 0.717) is 25.3 Å². The molecule has 0 unspecified atom stereocenters. The number of nitrogens with zero attached hydrogens (tertiary/aromatic N) is 3. The number of aryl methyl sites for hydroxylation is 1. The van der Waals surface area contributed by atoms with Crippen molar-refractivity contribution in [3.05, 3.63) is 59.7 Å². The van der Waals surface area contributed by atoms with E-state index in [-0.39, 0.29) is 12.0 Å². The van der Waals surface area contributed by atoms with Crippen molar-refractivity contribution in [1.82, 2.24) is 14.9 Å². The number of hydrogen-bond acceptors (Lipinski definition) is 4. The molecule has 0 aromatic carbocycles. The molecule has 0 aliphatic carbocycles. The number of aromatic nitrogens is 2. The number of carbonyl (C=O) groups excluding carboxylic acids is 1. The van der Waals surface area contributed by atoms with Crippen molar-refractivity contribution >= 4 is 5.91 Å². The normalized spacial score (nSPS) is 18.5. The van der Waals surface area contributed by atoms with E-state index in [1.54, 1.807) is 18.6 Å². The van der Waals surface area contributed by atoms with Gasteiger partial charge in [0, 0.05) is 30.8 Å². The summed E-state index contributed by atoms with van der Waals surface area (Å²) in [5.41, 5.74) is 2.57. The first kappa shape index (κ1) is 13.7. The summed E-state index contributed by atoms with van der Waals surface area (Å²) in [5.74, 6) is 0.00450. The molecule has 3 heterocycles. The maximum Gasteiger partial charge on any atom is 0.255 e. The number of morpholine rings is 1. The third-order valence-corrected chi connectivity index (χ3v) is 3.59. The van der Waals surface area contributed by atoms with Crippen LogP contribution in [0.1, 0.15) is 27.7 Å². The van der Waals surface area contributed by atoms with E-state index in [2.05, 4.69) is 9.97 Å². The van der Waals surface area contributed by atoms with Gasteiger partial charge in [-0.15, -0.1) is 0 Å². The number of ether oxygens (including phenoxy) is 1. The first-order valence-corrected chi connectivity index (χ1v) is 6.97. The molecular weight excluding hydrogens is 266 g/mol. The fourth-order valence-corrected chi connectivity index (χ4v) is 2.39. The van der Waals surface area contributed by atoms with Gasteiger partial charge in [-0.3, -0.25) is 14.8 Å². The van der Waals surface area contributed by atoms with Crippen LogP contribution in [0, 0.1) is 6.92 Å². The lowest BCUT2D eigenvalue weighted by molar-refractivity contribution is -0.0228. The van der Waals surface area contributed by atoms with Crippen LogP contribution in [0.25, 0.3) is 0 Å². The molecule has 2 aromatic heterocycles. The summed E-state index contributed by atoms with van der Waals surface area (Å²) >= 11 is 0. The number of amides is 1. The molecule has 0 saturated carbocycles. The van der Waals surface area contributed by atoms with Gasteiger partial charge < -0.3 is 9.64 Å². The van der Waals surface area contributed by atoms with Crippen molar-refractivity contribution in [2.45, 2.75) is 13.0 Å². The molecule has 0 radical (unpaired) electrons. The Morgan fingerprint density at radius 1 is 1.29 bits per heavy atom. The van der Waals surface area contributed by atoms with Crippen LogP contribution in [-0.2, 0) is 4.74 Å². The second-order valence-corrected chi connectivity index (χ2v) is 5.08. The second-order valence-electron chi connectivity index (χ2n) is 5.08. The van der Waals surface area contributed by atoms with Gasteiger partial charge in [-0.05, 0) is 36.8 Å². The van der Waals surface area contributed by atoms with Crippen LogP contribution in [0.4, 0.5) is 0 Å². The quantitative estimate of drug-likeness (QED) is 0.846. The number of pyridine rings is 2. The average Bonchev–Trinajstić information content (AvgIpc) is 2.56. The molecular formula is C16H17N3O2. The molecule has 1 saturated heterocycles. The molecule has 21 heavy (non-hydrogen) atoms. The minimum atomic E-state index is -0.0934. The second kappa shape index (κ2) is 6.01. The van der Waals surface area contributed by atoms with E-state index < -0.39 is 0 Å². The Morgan fingerprint density at radius 3 is 2.81 bits per heavy atom. The van der Waals surface area contributed by atoms with E-state index in [1.165, 1.54) is 0 Å². The van der Waals surface area contributed by atoms with Gasteiger partial charge in [0.25, 0.3) is 5.91 Å². The Morgan fingerprint density at radius 2 is 2.10 bits per heavy atom. The summed E-state index contributed by atoms with van der Waals surface area (Å²) in [6.07, 6.45) is 5.02. The maximum atomic E-state index is 12.5. The molecule has 0 bridgehead atoms. The molecule has 5 nitrogen and oxygen atoms in total. The Bertz CT molecular complexity index is 613. The Hall–Kier alpha value is -2.27. The summed E-state index contributed by atoms with van der Waals surface area (Å²) in [7, 11) is 0. The fourth-order valence-electron chi connectivity index (χ4n) is 2.39. The summed E-state index contributed by atoms with van der Waals surface area (Å²) in [5, 5.41) is 0. The average molecular weight is 283 g/mol. The summed E-state index contributed by atoms with van der Waals surface area (Å²) in [6, 6.07) is 7.52. The van der Waals surface area contributed by atoms with Crippen LogP contribution >= 0.6 is 0 Å². The van der Waals surface area contributed by atoms with E-state index in [4.69, 9.17) is 4.74 Å². The smallest absolute Gasteiger partial charge is 0.255 e.